The summed E-state index contributed by atoms with van der Waals surface area (Å²) in [5.74, 6) is 0.622. The van der Waals surface area contributed by atoms with Crippen LogP contribution in [0.3, 0.4) is 0 Å². The van der Waals surface area contributed by atoms with Crippen molar-refractivity contribution in [2.45, 2.75) is 36.5 Å². The van der Waals surface area contributed by atoms with Crippen LogP contribution in [0.25, 0.3) is 0 Å². The van der Waals surface area contributed by atoms with Crippen LogP contribution in [0, 0.1) is 0 Å². The van der Waals surface area contributed by atoms with Crippen molar-refractivity contribution >= 4 is 10.8 Å². The summed E-state index contributed by atoms with van der Waals surface area (Å²) in [6.07, 6.45) is 3.73. The number of nitrogens with two attached hydrogens (primary N) is 1. The van der Waals surface area contributed by atoms with Crippen molar-refractivity contribution in [3.05, 3.63) is 0 Å². The van der Waals surface area contributed by atoms with Crippen LogP contribution in [0.15, 0.2) is 0 Å². The Hall–Kier alpha value is 0.0300. The molecule has 0 aromatic heterocycles. The zero-order valence-corrected chi connectivity index (χ0v) is 10.5. The number of rotatable bonds is 3. The Labute approximate surface area is 99.3 Å². The quantitative estimate of drug-likeness (QED) is 0.785. The van der Waals surface area contributed by atoms with Gasteiger partial charge in [0.25, 0.3) is 0 Å². The molecule has 2 fully saturated rings. The normalized spacial score (nSPS) is 31.4. The van der Waals surface area contributed by atoms with Gasteiger partial charge in [-0.15, -0.1) is 0 Å². The third-order valence-electron chi connectivity index (χ3n) is 3.54. The molecule has 2 atom stereocenters. The van der Waals surface area contributed by atoms with Crippen molar-refractivity contribution in [3.63, 3.8) is 0 Å². The van der Waals surface area contributed by atoms with Crippen LogP contribution in [-0.4, -0.2) is 47.2 Å². The SMILES string of the molecule is NCCS(=O)C1CCOC2(CCOCC2)C1. The fraction of sp³-hybridized carbons (Fsp3) is 1.00. The van der Waals surface area contributed by atoms with E-state index >= 15 is 0 Å². The Morgan fingerprint density at radius 1 is 1.31 bits per heavy atom. The molecule has 2 N–H and O–H groups in total. The van der Waals surface area contributed by atoms with Gasteiger partial charge in [-0.25, -0.2) is 0 Å². The van der Waals surface area contributed by atoms with Gasteiger partial charge in [-0.05, 0) is 25.7 Å². The molecule has 2 unspecified atom stereocenters. The maximum atomic E-state index is 12.0. The molecule has 16 heavy (non-hydrogen) atoms. The van der Waals surface area contributed by atoms with Crippen LogP contribution in [0.5, 0.6) is 0 Å². The zero-order chi connectivity index (χ0) is 11.4. The molecule has 94 valence electrons. The Morgan fingerprint density at radius 3 is 2.75 bits per heavy atom. The molecule has 2 aliphatic heterocycles. The maximum Gasteiger partial charge on any atom is 0.0737 e. The topological polar surface area (TPSA) is 61.6 Å². The summed E-state index contributed by atoms with van der Waals surface area (Å²) >= 11 is 0. The van der Waals surface area contributed by atoms with E-state index in [2.05, 4.69) is 0 Å². The van der Waals surface area contributed by atoms with Crippen LogP contribution in [0.4, 0.5) is 0 Å². The molecule has 0 aromatic rings. The summed E-state index contributed by atoms with van der Waals surface area (Å²) in [6.45, 7) is 2.80. The van der Waals surface area contributed by atoms with E-state index in [0.717, 1.165) is 45.5 Å². The molecule has 0 aromatic carbocycles. The van der Waals surface area contributed by atoms with Crippen molar-refractivity contribution in [2.75, 3.05) is 32.1 Å². The number of hydrogen-bond acceptors (Lipinski definition) is 4. The van der Waals surface area contributed by atoms with Gasteiger partial charge in [0.05, 0.1) is 5.60 Å². The van der Waals surface area contributed by atoms with E-state index < -0.39 is 10.8 Å². The average molecular weight is 247 g/mol. The van der Waals surface area contributed by atoms with E-state index in [0.29, 0.717) is 12.3 Å². The highest BCUT2D eigenvalue weighted by atomic mass is 32.2. The lowest BCUT2D eigenvalue weighted by molar-refractivity contribution is -0.131. The average Bonchev–Trinajstić information content (AvgIpc) is 2.30. The van der Waals surface area contributed by atoms with Crippen molar-refractivity contribution < 1.29 is 13.7 Å². The molecular weight excluding hydrogens is 226 g/mol. The lowest BCUT2D eigenvalue weighted by Gasteiger charge is -2.43. The van der Waals surface area contributed by atoms with E-state index in [1.165, 1.54) is 0 Å². The minimum Gasteiger partial charge on any atom is -0.381 e. The molecule has 0 bridgehead atoms. The molecule has 4 nitrogen and oxygen atoms in total. The van der Waals surface area contributed by atoms with Crippen LogP contribution in [-0.2, 0) is 20.3 Å². The summed E-state index contributed by atoms with van der Waals surface area (Å²) in [5.41, 5.74) is 5.41. The third kappa shape index (κ3) is 2.83. The van der Waals surface area contributed by atoms with Gasteiger partial charge in [-0.3, -0.25) is 4.21 Å². The van der Waals surface area contributed by atoms with Crippen molar-refractivity contribution in [3.8, 4) is 0 Å². The van der Waals surface area contributed by atoms with Gasteiger partial charge < -0.3 is 15.2 Å². The fourth-order valence-electron chi connectivity index (χ4n) is 2.58. The Bertz CT molecular complexity index is 248. The first-order chi connectivity index (χ1) is 7.76. The van der Waals surface area contributed by atoms with Gasteiger partial charge in [0.2, 0.25) is 0 Å². The minimum atomic E-state index is -0.780. The molecule has 0 amide bonds. The van der Waals surface area contributed by atoms with E-state index in [1.807, 2.05) is 0 Å². The summed E-state index contributed by atoms with van der Waals surface area (Å²) in [6, 6.07) is 0. The predicted octanol–water partition coefficient (Wildman–Crippen LogP) is 0.422. The van der Waals surface area contributed by atoms with Gasteiger partial charge in [0.1, 0.15) is 0 Å². The number of hydrogen-bond donors (Lipinski definition) is 1. The lowest BCUT2D eigenvalue weighted by atomic mass is 9.86. The summed E-state index contributed by atoms with van der Waals surface area (Å²) in [5, 5.41) is 0.274. The van der Waals surface area contributed by atoms with Crippen molar-refractivity contribution in [1.82, 2.24) is 0 Å². The van der Waals surface area contributed by atoms with Crippen LogP contribution >= 0.6 is 0 Å². The van der Waals surface area contributed by atoms with Gasteiger partial charge in [-0.2, -0.15) is 0 Å². The van der Waals surface area contributed by atoms with Gasteiger partial charge in [0, 0.05) is 48.2 Å². The fourth-order valence-corrected chi connectivity index (χ4v) is 4.00. The van der Waals surface area contributed by atoms with Gasteiger partial charge in [0.15, 0.2) is 0 Å². The molecule has 1 spiro atoms. The largest absolute Gasteiger partial charge is 0.381 e. The predicted molar refractivity (Wildman–Crippen MR) is 63.8 cm³/mol. The number of ether oxygens (including phenoxy) is 2. The summed E-state index contributed by atoms with van der Waals surface area (Å²) in [4.78, 5) is 0. The molecule has 2 rings (SSSR count). The third-order valence-corrected chi connectivity index (χ3v) is 5.33. The van der Waals surface area contributed by atoms with Crippen LogP contribution < -0.4 is 5.73 Å². The Balaban J connectivity index is 1.94. The first-order valence-electron chi connectivity index (χ1n) is 6.05. The molecular formula is C11H21NO3S. The second-order valence-electron chi connectivity index (χ2n) is 4.63. The zero-order valence-electron chi connectivity index (χ0n) is 9.65. The van der Waals surface area contributed by atoms with Crippen molar-refractivity contribution in [2.24, 2.45) is 5.73 Å². The molecule has 0 aliphatic carbocycles. The lowest BCUT2D eigenvalue weighted by Crippen LogP contribution is -2.47. The standard InChI is InChI=1S/C11H21NO3S/c12-4-8-16(13)10-1-5-15-11(9-10)2-6-14-7-3-11/h10H,1-9,12H2. The Kier molecular flexibility index (Phi) is 4.35. The van der Waals surface area contributed by atoms with E-state index in [-0.39, 0.29) is 10.9 Å². The molecule has 2 saturated heterocycles. The molecule has 5 heteroatoms. The second-order valence-corrected chi connectivity index (χ2v) is 6.47. The smallest absolute Gasteiger partial charge is 0.0737 e. The molecule has 0 saturated carbocycles. The highest BCUT2D eigenvalue weighted by Gasteiger charge is 2.40. The highest BCUT2D eigenvalue weighted by molar-refractivity contribution is 7.85. The Morgan fingerprint density at radius 2 is 2.06 bits per heavy atom. The second kappa shape index (κ2) is 5.58. The van der Waals surface area contributed by atoms with E-state index in [4.69, 9.17) is 15.2 Å². The minimum absolute atomic E-state index is 0.0502. The first kappa shape index (κ1) is 12.5. The van der Waals surface area contributed by atoms with Gasteiger partial charge in [-0.1, -0.05) is 0 Å². The van der Waals surface area contributed by atoms with Crippen molar-refractivity contribution in [1.29, 1.82) is 0 Å². The first-order valence-corrected chi connectivity index (χ1v) is 7.43. The monoisotopic (exact) mass is 247 g/mol. The molecule has 2 aliphatic rings. The molecule has 2 heterocycles. The van der Waals surface area contributed by atoms with E-state index in [9.17, 15) is 4.21 Å². The summed E-state index contributed by atoms with van der Waals surface area (Å²) in [7, 11) is -0.780. The highest BCUT2D eigenvalue weighted by Crippen LogP contribution is 2.35. The van der Waals surface area contributed by atoms with Gasteiger partial charge >= 0.3 is 0 Å². The van der Waals surface area contributed by atoms with Crippen LogP contribution in [0.1, 0.15) is 25.7 Å². The maximum absolute atomic E-state index is 12.0. The summed E-state index contributed by atoms with van der Waals surface area (Å²) < 4.78 is 23.3. The molecule has 0 radical (unpaired) electrons. The van der Waals surface area contributed by atoms with E-state index in [1.54, 1.807) is 0 Å². The van der Waals surface area contributed by atoms with Crippen LogP contribution in [0.2, 0.25) is 0 Å².